The van der Waals surface area contributed by atoms with Crippen molar-refractivity contribution in [3.8, 4) is 0 Å². The molecule has 9 nitrogen and oxygen atoms in total. The second kappa shape index (κ2) is 9.45. The molecule has 2 aromatic carbocycles. The predicted octanol–water partition coefficient (Wildman–Crippen LogP) is 2.55. The third kappa shape index (κ3) is 6.13. The van der Waals surface area contributed by atoms with Crippen LogP contribution in [0.2, 0.25) is 0 Å². The number of nitro groups is 1. The Hall–Kier alpha value is -3.75. The van der Waals surface area contributed by atoms with E-state index >= 15 is 0 Å². The van der Waals surface area contributed by atoms with Gasteiger partial charge in [-0.2, -0.15) is 0 Å². The molecule has 0 heterocycles. The monoisotopic (exact) mass is 399 g/mol. The van der Waals surface area contributed by atoms with Gasteiger partial charge in [0.1, 0.15) is 0 Å². The molecule has 0 spiro atoms. The standard InChI is InChI=1S/C20H21N3O6/c1-13-7-9-16(10-8-13)21-18(24)12-22(3)19(25)14(2)29-20(26)15-5-4-6-17(11-15)23(27)28/h4-11,14H,12H2,1-3H3,(H,21,24)/t14-/m0/s1. The number of ether oxygens (including phenoxy) is 1. The zero-order valence-corrected chi connectivity index (χ0v) is 16.2. The van der Waals surface area contributed by atoms with Gasteiger partial charge in [0.25, 0.3) is 11.6 Å². The highest BCUT2D eigenvalue weighted by Crippen LogP contribution is 2.15. The largest absolute Gasteiger partial charge is 0.449 e. The summed E-state index contributed by atoms with van der Waals surface area (Å²) in [5.74, 6) is -1.85. The van der Waals surface area contributed by atoms with Crippen molar-refractivity contribution in [2.45, 2.75) is 20.0 Å². The molecule has 0 saturated heterocycles. The fourth-order valence-electron chi connectivity index (χ4n) is 2.47. The maximum Gasteiger partial charge on any atom is 0.339 e. The van der Waals surface area contributed by atoms with E-state index in [4.69, 9.17) is 4.74 Å². The van der Waals surface area contributed by atoms with Crippen molar-refractivity contribution in [3.63, 3.8) is 0 Å². The van der Waals surface area contributed by atoms with Crippen LogP contribution in [0, 0.1) is 17.0 Å². The summed E-state index contributed by atoms with van der Waals surface area (Å²) in [6.45, 7) is 3.06. The fourth-order valence-corrected chi connectivity index (χ4v) is 2.47. The number of carbonyl (C=O) groups is 3. The Kier molecular flexibility index (Phi) is 7.02. The third-order valence-corrected chi connectivity index (χ3v) is 4.02. The molecule has 0 radical (unpaired) electrons. The maximum absolute atomic E-state index is 12.4. The summed E-state index contributed by atoms with van der Waals surface area (Å²) in [4.78, 5) is 47.9. The van der Waals surface area contributed by atoms with Crippen LogP contribution >= 0.6 is 0 Å². The quantitative estimate of drug-likeness (QED) is 0.434. The molecular formula is C20H21N3O6. The lowest BCUT2D eigenvalue weighted by molar-refractivity contribution is -0.384. The Balaban J connectivity index is 1.91. The molecule has 152 valence electrons. The third-order valence-electron chi connectivity index (χ3n) is 4.02. The fraction of sp³-hybridized carbons (Fsp3) is 0.250. The summed E-state index contributed by atoms with van der Waals surface area (Å²) in [5.41, 5.74) is 1.35. The van der Waals surface area contributed by atoms with Gasteiger partial charge in [-0.25, -0.2) is 4.79 Å². The zero-order valence-electron chi connectivity index (χ0n) is 16.2. The van der Waals surface area contributed by atoms with E-state index in [0.29, 0.717) is 5.69 Å². The smallest absolute Gasteiger partial charge is 0.339 e. The number of aryl methyl sites for hydroxylation is 1. The number of rotatable bonds is 7. The van der Waals surface area contributed by atoms with Crippen LogP contribution in [0.1, 0.15) is 22.8 Å². The Morgan fingerprint density at radius 3 is 2.45 bits per heavy atom. The lowest BCUT2D eigenvalue weighted by Gasteiger charge is -2.21. The number of likely N-dealkylation sites (N-methyl/N-ethyl adjacent to an activating group) is 1. The van der Waals surface area contributed by atoms with Crippen LogP contribution in [0.3, 0.4) is 0 Å². The van der Waals surface area contributed by atoms with Gasteiger partial charge in [-0.15, -0.1) is 0 Å². The second-order valence-corrected chi connectivity index (χ2v) is 6.46. The summed E-state index contributed by atoms with van der Waals surface area (Å²) in [7, 11) is 1.41. The Labute approximate surface area is 167 Å². The number of hydrogen-bond acceptors (Lipinski definition) is 6. The Morgan fingerprint density at radius 1 is 1.17 bits per heavy atom. The van der Waals surface area contributed by atoms with Crippen LogP contribution in [-0.2, 0) is 14.3 Å². The molecule has 0 aromatic heterocycles. The van der Waals surface area contributed by atoms with Crippen molar-refractivity contribution < 1.29 is 24.0 Å². The van der Waals surface area contributed by atoms with Gasteiger partial charge in [0, 0.05) is 24.9 Å². The highest BCUT2D eigenvalue weighted by Gasteiger charge is 2.24. The minimum absolute atomic E-state index is 0.0429. The minimum atomic E-state index is -1.17. The summed E-state index contributed by atoms with van der Waals surface area (Å²) < 4.78 is 5.08. The molecular weight excluding hydrogens is 378 g/mol. The zero-order chi connectivity index (χ0) is 21.6. The average molecular weight is 399 g/mol. The van der Waals surface area contributed by atoms with Gasteiger partial charge in [-0.05, 0) is 32.0 Å². The van der Waals surface area contributed by atoms with Crippen molar-refractivity contribution in [2.24, 2.45) is 0 Å². The highest BCUT2D eigenvalue weighted by molar-refractivity contribution is 5.96. The van der Waals surface area contributed by atoms with Crippen molar-refractivity contribution in [1.82, 2.24) is 4.90 Å². The molecule has 2 aromatic rings. The van der Waals surface area contributed by atoms with Gasteiger partial charge >= 0.3 is 5.97 Å². The molecule has 1 atom stereocenters. The predicted molar refractivity (Wildman–Crippen MR) is 105 cm³/mol. The lowest BCUT2D eigenvalue weighted by atomic mass is 10.2. The van der Waals surface area contributed by atoms with Crippen molar-refractivity contribution in [3.05, 3.63) is 69.8 Å². The SMILES string of the molecule is Cc1ccc(NC(=O)CN(C)C(=O)[C@H](C)OC(=O)c2cccc([N+](=O)[O-])c2)cc1. The molecule has 0 bridgehead atoms. The first kappa shape index (κ1) is 21.5. The highest BCUT2D eigenvalue weighted by atomic mass is 16.6. The summed E-state index contributed by atoms with van der Waals surface area (Å²) >= 11 is 0. The first-order chi connectivity index (χ1) is 13.7. The normalized spacial score (nSPS) is 11.3. The van der Waals surface area contributed by atoms with Crippen LogP contribution < -0.4 is 5.32 Å². The van der Waals surface area contributed by atoms with Crippen molar-refractivity contribution >= 4 is 29.2 Å². The number of hydrogen-bond donors (Lipinski definition) is 1. The molecule has 2 amide bonds. The molecule has 9 heteroatoms. The number of nitrogens with one attached hydrogen (secondary N) is 1. The van der Waals surface area contributed by atoms with Crippen LogP contribution in [0.4, 0.5) is 11.4 Å². The van der Waals surface area contributed by atoms with E-state index in [0.717, 1.165) is 16.5 Å². The van der Waals surface area contributed by atoms with Gasteiger partial charge in [0.05, 0.1) is 17.0 Å². The van der Waals surface area contributed by atoms with Crippen molar-refractivity contribution in [1.29, 1.82) is 0 Å². The van der Waals surface area contributed by atoms with Crippen molar-refractivity contribution in [2.75, 3.05) is 18.9 Å². The van der Waals surface area contributed by atoms with E-state index in [1.54, 1.807) is 12.1 Å². The van der Waals surface area contributed by atoms with Crippen LogP contribution in [0.25, 0.3) is 0 Å². The van der Waals surface area contributed by atoms with Gasteiger partial charge in [-0.3, -0.25) is 19.7 Å². The number of benzene rings is 2. The van der Waals surface area contributed by atoms with Crippen LogP contribution in [0.15, 0.2) is 48.5 Å². The first-order valence-corrected chi connectivity index (χ1v) is 8.74. The molecule has 29 heavy (non-hydrogen) atoms. The van der Waals surface area contributed by atoms with E-state index in [-0.39, 0.29) is 17.8 Å². The molecule has 0 aliphatic rings. The number of carbonyl (C=O) groups excluding carboxylic acids is 3. The number of nitrogens with zero attached hydrogens (tertiary/aromatic N) is 2. The van der Waals surface area contributed by atoms with Gasteiger partial charge in [-0.1, -0.05) is 23.8 Å². The summed E-state index contributed by atoms with van der Waals surface area (Å²) in [5, 5.41) is 13.5. The number of esters is 1. The van der Waals surface area contributed by atoms with E-state index in [1.807, 2.05) is 19.1 Å². The molecule has 0 fully saturated rings. The minimum Gasteiger partial charge on any atom is -0.449 e. The molecule has 0 saturated carbocycles. The van der Waals surface area contributed by atoms with E-state index in [2.05, 4.69) is 5.32 Å². The number of amides is 2. The van der Waals surface area contributed by atoms with Gasteiger partial charge < -0.3 is 15.0 Å². The van der Waals surface area contributed by atoms with Crippen LogP contribution in [-0.4, -0.2) is 47.3 Å². The Bertz CT molecular complexity index is 926. The average Bonchev–Trinajstić information content (AvgIpc) is 2.68. The van der Waals surface area contributed by atoms with E-state index < -0.39 is 28.8 Å². The lowest BCUT2D eigenvalue weighted by Crippen LogP contribution is -2.41. The maximum atomic E-state index is 12.4. The number of non-ortho nitro benzene ring substituents is 1. The van der Waals surface area contributed by atoms with Gasteiger partial charge in [0.15, 0.2) is 6.10 Å². The number of anilines is 1. The van der Waals surface area contributed by atoms with E-state index in [1.165, 1.54) is 32.2 Å². The van der Waals surface area contributed by atoms with E-state index in [9.17, 15) is 24.5 Å². The summed E-state index contributed by atoms with van der Waals surface area (Å²) in [6.07, 6.45) is -1.17. The molecule has 0 unspecified atom stereocenters. The topological polar surface area (TPSA) is 119 Å². The van der Waals surface area contributed by atoms with Gasteiger partial charge in [0.2, 0.25) is 5.91 Å². The molecule has 0 aliphatic heterocycles. The molecule has 2 rings (SSSR count). The van der Waals surface area contributed by atoms with Crippen LogP contribution in [0.5, 0.6) is 0 Å². The molecule has 0 aliphatic carbocycles. The Morgan fingerprint density at radius 2 is 1.83 bits per heavy atom. The first-order valence-electron chi connectivity index (χ1n) is 8.74. The number of nitro benzene ring substituents is 1. The second-order valence-electron chi connectivity index (χ2n) is 6.46. The molecule has 1 N–H and O–H groups in total. The summed E-state index contributed by atoms with van der Waals surface area (Å²) in [6, 6.07) is 12.2.